The molecule has 0 unspecified atom stereocenters. The second kappa shape index (κ2) is 4.00. The Bertz CT molecular complexity index is 469. The summed E-state index contributed by atoms with van der Waals surface area (Å²) in [6.07, 6.45) is 6.73. The molecule has 1 amide bonds. The van der Waals surface area contributed by atoms with Crippen LogP contribution in [0.3, 0.4) is 0 Å². The monoisotopic (exact) mass is 248 g/mol. The summed E-state index contributed by atoms with van der Waals surface area (Å²) in [5, 5.41) is 10.1. The van der Waals surface area contributed by atoms with Gasteiger partial charge in [-0.05, 0) is 32.6 Å². The van der Waals surface area contributed by atoms with Gasteiger partial charge in [-0.3, -0.25) is 9.89 Å². The summed E-state index contributed by atoms with van der Waals surface area (Å²) in [5.74, 6) is 0.348. The van der Waals surface area contributed by atoms with Gasteiger partial charge in [0.2, 0.25) is 0 Å². The average molecular weight is 248 g/mol. The highest BCUT2D eigenvalue weighted by atomic mass is 16.2. The SMILES string of the molecule is CC1(NC(=O)c2n[nH]c(C3CC3)c2N)CCCC1. The fraction of sp³-hybridized carbons (Fsp3) is 0.692. The van der Waals surface area contributed by atoms with Crippen molar-refractivity contribution in [2.75, 3.05) is 5.73 Å². The lowest BCUT2D eigenvalue weighted by Gasteiger charge is -2.24. The van der Waals surface area contributed by atoms with Crippen molar-refractivity contribution in [3.8, 4) is 0 Å². The Morgan fingerprint density at radius 3 is 2.72 bits per heavy atom. The van der Waals surface area contributed by atoms with Gasteiger partial charge in [0.25, 0.3) is 5.91 Å². The largest absolute Gasteiger partial charge is 0.395 e. The second-order valence-electron chi connectivity index (χ2n) is 5.90. The fourth-order valence-corrected chi connectivity index (χ4v) is 2.83. The number of nitrogens with zero attached hydrogens (tertiary/aromatic N) is 1. The van der Waals surface area contributed by atoms with E-state index in [1.54, 1.807) is 0 Å². The van der Waals surface area contributed by atoms with Crippen LogP contribution in [-0.4, -0.2) is 21.6 Å². The summed E-state index contributed by atoms with van der Waals surface area (Å²) in [6, 6.07) is 0. The fourth-order valence-electron chi connectivity index (χ4n) is 2.83. The number of H-pyrrole nitrogens is 1. The van der Waals surface area contributed by atoms with Crippen LogP contribution >= 0.6 is 0 Å². The van der Waals surface area contributed by atoms with Gasteiger partial charge in [0.1, 0.15) is 0 Å². The Morgan fingerprint density at radius 2 is 2.11 bits per heavy atom. The molecule has 2 saturated carbocycles. The summed E-state index contributed by atoms with van der Waals surface area (Å²) in [7, 11) is 0. The Morgan fingerprint density at radius 1 is 1.44 bits per heavy atom. The first-order chi connectivity index (χ1) is 8.59. The third kappa shape index (κ3) is 1.98. The smallest absolute Gasteiger partial charge is 0.274 e. The number of aromatic nitrogens is 2. The van der Waals surface area contributed by atoms with E-state index in [1.165, 1.54) is 12.8 Å². The van der Waals surface area contributed by atoms with Crippen LogP contribution in [0.4, 0.5) is 5.69 Å². The maximum absolute atomic E-state index is 12.2. The first-order valence-corrected chi connectivity index (χ1v) is 6.75. The van der Waals surface area contributed by atoms with Crippen LogP contribution in [0.1, 0.15) is 67.5 Å². The summed E-state index contributed by atoms with van der Waals surface area (Å²) in [5.41, 5.74) is 7.77. The first-order valence-electron chi connectivity index (χ1n) is 6.75. The Kier molecular flexibility index (Phi) is 2.57. The van der Waals surface area contributed by atoms with E-state index in [0.717, 1.165) is 31.4 Å². The number of carbonyl (C=O) groups excluding carboxylic acids is 1. The van der Waals surface area contributed by atoms with E-state index in [9.17, 15) is 4.79 Å². The molecule has 1 aromatic heterocycles. The number of rotatable bonds is 3. The van der Waals surface area contributed by atoms with Gasteiger partial charge in [-0.1, -0.05) is 12.8 Å². The third-order valence-corrected chi connectivity index (χ3v) is 4.16. The van der Waals surface area contributed by atoms with Crippen LogP contribution in [0.5, 0.6) is 0 Å². The van der Waals surface area contributed by atoms with E-state index in [2.05, 4.69) is 22.4 Å². The summed E-state index contributed by atoms with van der Waals surface area (Å²) >= 11 is 0. The molecular formula is C13H20N4O. The van der Waals surface area contributed by atoms with Crippen LogP contribution in [0.2, 0.25) is 0 Å². The van der Waals surface area contributed by atoms with Gasteiger partial charge >= 0.3 is 0 Å². The van der Waals surface area contributed by atoms with Crippen molar-refractivity contribution in [2.45, 2.75) is 56.9 Å². The number of nitrogens with one attached hydrogen (secondary N) is 2. The molecule has 1 heterocycles. The quantitative estimate of drug-likeness (QED) is 0.764. The van der Waals surface area contributed by atoms with E-state index < -0.39 is 0 Å². The normalized spacial score (nSPS) is 22.1. The van der Waals surface area contributed by atoms with E-state index >= 15 is 0 Å². The van der Waals surface area contributed by atoms with Crippen LogP contribution in [0.15, 0.2) is 0 Å². The molecule has 1 aromatic rings. The van der Waals surface area contributed by atoms with E-state index in [1.807, 2.05) is 0 Å². The zero-order valence-electron chi connectivity index (χ0n) is 10.8. The second-order valence-corrected chi connectivity index (χ2v) is 5.90. The molecule has 2 aliphatic carbocycles. The number of carbonyl (C=O) groups is 1. The maximum Gasteiger partial charge on any atom is 0.274 e. The van der Waals surface area contributed by atoms with Crippen LogP contribution in [0.25, 0.3) is 0 Å². The number of hydrogen-bond donors (Lipinski definition) is 3. The molecule has 18 heavy (non-hydrogen) atoms. The highest BCUT2D eigenvalue weighted by Gasteiger charge is 2.34. The van der Waals surface area contributed by atoms with Crippen molar-refractivity contribution in [1.82, 2.24) is 15.5 Å². The molecule has 0 radical (unpaired) electrons. The average Bonchev–Trinajstić information content (AvgIpc) is 2.96. The molecule has 2 aliphatic rings. The van der Waals surface area contributed by atoms with Crippen molar-refractivity contribution in [3.63, 3.8) is 0 Å². The maximum atomic E-state index is 12.2. The van der Waals surface area contributed by atoms with Crippen molar-refractivity contribution < 1.29 is 4.79 Å². The molecule has 4 N–H and O–H groups in total. The van der Waals surface area contributed by atoms with Crippen molar-refractivity contribution >= 4 is 11.6 Å². The molecule has 5 heteroatoms. The molecule has 3 rings (SSSR count). The Hall–Kier alpha value is -1.52. The van der Waals surface area contributed by atoms with Gasteiger partial charge in [-0.25, -0.2) is 0 Å². The summed E-state index contributed by atoms with van der Waals surface area (Å²) < 4.78 is 0. The highest BCUT2D eigenvalue weighted by Crippen LogP contribution is 2.42. The van der Waals surface area contributed by atoms with Gasteiger partial charge in [-0.15, -0.1) is 0 Å². The molecule has 0 aromatic carbocycles. The van der Waals surface area contributed by atoms with Gasteiger partial charge in [0.15, 0.2) is 5.69 Å². The molecule has 5 nitrogen and oxygen atoms in total. The molecule has 0 bridgehead atoms. The Labute approximate surface area is 107 Å². The minimum atomic E-state index is -0.139. The Balaban J connectivity index is 1.75. The van der Waals surface area contributed by atoms with Gasteiger partial charge in [-0.2, -0.15) is 5.10 Å². The predicted molar refractivity (Wildman–Crippen MR) is 69.3 cm³/mol. The van der Waals surface area contributed by atoms with Gasteiger partial charge in [0.05, 0.1) is 11.4 Å². The molecule has 0 atom stereocenters. The molecule has 0 aliphatic heterocycles. The van der Waals surface area contributed by atoms with Crippen LogP contribution in [-0.2, 0) is 0 Å². The molecule has 0 saturated heterocycles. The predicted octanol–water partition coefficient (Wildman–Crippen LogP) is 1.93. The topological polar surface area (TPSA) is 83.8 Å². The molecule has 98 valence electrons. The number of hydrogen-bond acceptors (Lipinski definition) is 3. The number of aromatic amines is 1. The number of nitrogen functional groups attached to an aromatic ring is 1. The summed E-state index contributed by atoms with van der Waals surface area (Å²) in [4.78, 5) is 12.2. The number of anilines is 1. The van der Waals surface area contributed by atoms with Gasteiger partial charge in [0, 0.05) is 11.5 Å². The molecule has 0 spiro atoms. The van der Waals surface area contributed by atoms with Crippen LogP contribution in [0, 0.1) is 0 Å². The lowest BCUT2D eigenvalue weighted by atomic mass is 10.0. The summed E-state index contributed by atoms with van der Waals surface area (Å²) in [6.45, 7) is 2.10. The zero-order chi connectivity index (χ0) is 12.8. The third-order valence-electron chi connectivity index (χ3n) is 4.16. The van der Waals surface area contributed by atoms with E-state index in [0.29, 0.717) is 17.3 Å². The minimum absolute atomic E-state index is 0.0811. The standard InChI is InChI=1S/C13H20N4O/c1-13(6-2-3-7-13)15-12(18)11-9(14)10(16-17-11)8-4-5-8/h8H,2-7,14H2,1H3,(H,15,18)(H,16,17). The van der Waals surface area contributed by atoms with Gasteiger partial charge < -0.3 is 11.1 Å². The highest BCUT2D eigenvalue weighted by molar-refractivity contribution is 5.98. The lowest BCUT2D eigenvalue weighted by Crippen LogP contribution is -2.43. The van der Waals surface area contributed by atoms with Crippen LogP contribution < -0.4 is 11.1 Å². The zero-order valence-corrected chi connectivity index (χ0v) is 10.8. The van der Waals surface area contributed by atoms with E-state index in [4.69, 9.17) is 5.73 Å². The van der Waals surface area contributed by atoms with Crippen molar-refractivity contribution in [1.29, 1.82) is 0 Å². The molecule has 2 fully saturated rings. The first kappa shape index (κ1) is 11.6. The minimum Gasteiger partial charge on any atom is -0.395 e. The number of amides is 1. The van der Waals surface area contributed by atoms with Crippen molar-refractivity contribution in [2.24, 2.45) is 0 Å². The molecular weight excluding hydrogens is 228 g/mol. The van der Waals surface area contributed by atoms with Crippen molar-refractivity contribution in [3.05, 3.63) is 11.4 Å². The number of nitrogens with two attached hydrogens (primary N) is 1. The lowest BCUT2D eigenvalue weighted by molar-refractivity contribution is 0.0904. The van der Waals surface area contributed by atoms with E-state index in [-0.39, 0.29) is 11.4 Å².